The summed E-state index contributed by atoms with van der Waals surface area (Å²) in [4.78, 5) is 11.3. The predicted octanol–water partition coefficient (Wildman–Crippen LogP) is 1.55. The van der Waals surface area contributed by atoms with Crippen molar-refractivity contribution in [2.75, 3.05) is 13.1 Å². The summed E-state index contributed by atoms with van der Waals surface area (Å²) >= 11 is 0. The molecule has 0 aromatic rings. The second-order valence-electron chi connectivity index (χ2n) is 4.09. The van der Waals surface area contributed by atoms with Gasteiger partial charge in [-0.1, -0.05) is 13.8 Å². The first-order chi connectivity index (χ1) is 6.20. The van der Waals surface area contributed by atoms with Crippen molar-refractivity contribution in [3.63, 3.8) is 0 Å². The number of nitrogens with one attached hydrogen (secondary N) is 1. The first-order valence-electron chi connectivity index (χ1n) is 5.24. The van der Waals surface area contributed by atoms with Gasteiger partial charge in [-0.2, -0.15) is 0 Å². The van der Waals surface area contributed by atoms with Crippen LogP contribution < -0.4 is 5.43 Å². The van der Waals surface area contributed by atoms with E-state index in [4.69, 9.17) is 0 Å². The zero-order valence-electron chi connectivity index (χ0n) is 8.68. The van der Waals surface area contributed by atoms with E-state index in [0.717, 1.165) is 31.8 Å². The van der Waals surface area contributed by atoms with Crippen LogP contribution in [0.4, 0.5) is 0 Å². The van der Waals surface area contributed by atoms with E-state index in [1.807, 2.05) is 0 Å². The molecule has 0 atom stereocenters. The van der Waals surface area contributed by atoms with Crippen LogP contribution in [-0.4, -0.2) is 24.0 Å². The number of hydrazine groups is 1. The minimum absolute atomic E-state index is 0.259. The topological polar surface area (TPSA) is 32.3 Å². The van der Waals surface area contributed by atoms with Gasteiger partial charge in [0.1, 0.15) is 0 Å². The monoisotopic (exact) mass is 184 g/mol. The first-order valence-corrected chi connectivity index (χ1v) is 5.24. The third-order valence-electron chi connectivity index (χ3n) is 2.33. The number of carbonyl (C=O) groups is 1. The van der Waals surface area contributed by atoms with E-state index >= 15 is 0 Å². The molecule has 1 heterocycles. The number of rotatable bonds is 4. The van der Waals surface area contributed by atoms with Gasteiger partial charge in [0, 0.05) is 19.5 Å². The van der Waals surface area contributed by atoms with Crippen molar-refractivity contribution in [1.29, 1.82) is 0 Å². The van der Waals surface area contributed by atoms with Gasteiger partial charge in [0.2, 0.25) is 5.91 Å². The molecule has 0 unspecified atom stereocenters. The number of nitrogens with zero attached hydrogens (tertiary/aromatic N) is 1. The molecule has 1 N–H and O–H groups in total. The Balaban J connectivity index is 2.15. The van der Waals surface area contributed by atoms with Gasteiger partial charge in [0.05, 0.1) is 0 Å². The standard InChI is InChI=1S/C10H20N2O/c1-9(2)5-4-8-12-10(13)6-3-7-11-12/h9,11H,3-8H2,1-2H3. The van der Waals surface area contributed by atoms with Gasteiger partial charge in [0.15, 0.2) is 0 Å². The molecule has 0 aliphatic carbocycles. The predicted molar refractivity (Wildman–Crippen MR) is 53.0 cm³/mol. The molecule has 1 fully saturated rings. The summed E-state index contributed by atoms with van der Waals surface area (Å²) in [6.07, 6.45) is 4.01. The lowest BCUT2D eigenvalue weighted by Crippen LogP contribution is -2.47. The average Bonchev–Trinajstić information content (AvgIpc) is 2.08. The van der Waals surface area contributed by atoms with Crippen molar-refractivity contribution in [2.45, 2.75) is 39.5 Å². The van der Waals surface area contributed by atoms with E-state index in [2.05, 4.69) is 19.3 Å². The van der Waals surface area contributed by atoms with Crippen LogP contribution in [-0.2, 0) is 4.79 Å². The summed E-state index contributed by atoms with van der Waals surface area (Å²) < 4.78 is 0. The zero-order chi connectivity index (χ0) is 9.68. The van der Waals surface area contributed by atoms with Crippen LogP contribution in [0.3, 0.4) is 0 Å². The summed E-state index contributed by atoms with van der Waals surface area (Å²) in [5.74, 6) is 0.995. The van der Waals surface area contributed by atoms with Gasteiger partial charge in [0.25, 0.3) is 0 Å². The summed E-state index contributed by atoms with van der Waals surface area (Å²) in [6, 6.07) is 0. The highest BCUT2D eigenvalue weighted by atomic mass is 16.2. The van der Waals surface area contributed by atoms with Crippen molar-refractivity contribution < 1.29 is 4.79 Å². The van der Waals surface area contributed by atoms with Crippen molar-refractivity contribution in [2.24, 2.45) is 5.92 Å². The molecular formula is C10H20N2O. The Morgan fingerprint density at radius 2 is 2.31 bits per heavy atom. The average molecular weight is 184 g/mol. The molecule has 1 amide bonds. The number of amides is 1. The molecule has 1 saturated heterocycles. The Morgan fingerprint density at radius 1 is 1.54 bits per heavy atom. The lowest BCUT2D eigenvalue weighted by molar-refractivity contribution is -0.137. The second-order valence-corrected chi connectivity index (χ2v) is 4.09. The van der Waals surface area contributed by atoms with E-state index in [1.54, 1.807) is 5.01 Å². The van der Waals surface area contributed by atoms with Crippen LogP contribution in [0.2, 0.25) is 0 Å². The highest BCUT2D eigenvalue weighted by molar-refractivity contribution is 5.76. The molecule has 0 bridgehead atoms. The Kier molecular flexibility index (Phi) is 4.22. The van der Waals surface area contributed by atoms with Crippen LogP contribution in [0.25, 0.3) is 0 Å². The van der Waals surface area contributed by atoms with Gasteiger partial charge in [-0.3, -0.25) is 9.80 Å². The minimum atomic E-state index is 0.259. The molecule has 0 saturated carbocycles. The Morgan fingerprint density at radius 3 is 2.92 bits per heavy atom. The Bertz CT molecular complexity index is 168. The van der Waals surface area contributed by atoms with E-state index in [1.165, 1.54) is 6.42 Å². The molecule has 1 aliphatic heterocycles. The molecule has 3 nitrogen and oxygen atoms in total. The maximum absolute atomic E-state index is 11.3. The van der Waals surface area contributed by atoms with Crippen LogP contribution >= 0.6 is 0 Å². The van der Waals surface area contributed by atoms with E-state index in [9.17, 15) is 4.79 Å². The summed E-state index contributed by atoms with van der Waals surface area (Å²) in [6.45, 7) is 6.25. The van der Waals surface area contributed by atoms with Crippen molar-refractivity contribution in [3.05, 3.63) is 0 Å². The number of hydrogen-bond donors (Lipinski definition) is 1. The van der Waals surface area contributed by atoms with Gasteiger partial charge in [-0.25, -0.2) is 5.43 Å². The fraction of sp³-hybridized carbons (Fsp3) is 0.900. The van der Waals surface area contributed by atoms with Crippen LogP contribution in [0.15, 0.2) is 0 Å². The molecule has 3 heteroatoms. The summed E-state index contributed by atoms with van der Waals surface area (Å²) in [7, 11) is 0. The quantitative estimate of drug-likeness (QED) is 0.719. The highest BCUT2D eigenvalue weighted by Gasteiger charge is 2.16. The van der Waals surface area contributed by atoms with E-state index in [0.29, 0.717) is 6.42 Å². The normalized spacial score (nSPS) is 18.4. The lowest BCUT2D eigenvalue weighted by Gasteiger charge is -2.27. The Labute approximate surface area is 80.5 Å². The maximum Gasteiger partial charge on any atom is 0.236 e. The third kappa shape index (κ3) is 3.77. The molecule has 0 spiro atoms. The summed E-state index contributed by atoms with van der Waals surface area (Å²) in [5.41, 5.74) is 3.13. The highest BCUT2D eigenvalue weighted by Crippen LogP contribution is 2.07. The smallest absolute Gasteiger partial charge is 0.236 e. The second kappa shape index (κ2) is 5.22. The van der Waals surface area contributed by atoms with Crippen LogP contribution in [0, 0.1) is 5.92 Å². The van der Waals surface area contributed by atoms with Gasteiger partial charge >= 0.3 is 0 Å². The molecule has 0 aromatic carbocycles. The molecule has 13 heavy (non-hydrogen) atoms. The van der Waals surface area contributed by atoms with Gasteiger partial charge in [-0.05, 0) is 25.2 Å². The van der Waals surface area contributed by atoms with Crippen LogP contribution in [0.5, 0.6) is 0 Å². The first kappa shape index (κ1) is 10.5. The fourth-order valence-corrected chi connectivity index (χ4v) is 1.54. The maximum atomic E-state index is 11.3. The molecule has 0 aromatic heterocycles. The molecule has 76 valence electrons. The molecule has 1 rings (SSSR count). The van der Waals surface area contributed by atoms with Crippen molar-refractivity contribution in [3.8, 4) is 0 Å². The summed E-state index contributed by atoms with van der Waals surface area (Å²) in [5, 5.41) is 1.78. The lowest BCUT2D eigenvalue weighted by atomic mass is 10.1. The van der Waals surface area contributed by atoms with E-state index in [-0.39, 0.29) is 5.91 Å². The SMILES string of the molecule is CC(C)CCCN1NCCCC1=O. The largest absolute Gasteiger partial charge is 0.278 e. The Hall–Kier alpha value is -0.570. The van der Waals surface area contributed by atoms with E-state index < -0.39 is 0 Å². The number of carbonyl (C=O) groups excluding carboxylic acids is 1. The molecule has 0 radical (unpaired) electrons. The zero-order valence-corrected chi connectivity index (χ0v) is 8.68. The van der Waals surface area contributed by atoms with Crippen molar-refractivity contribution >= 4 is 5.91 Å². The number of hydrogen-bond acceptors (Lipinski definition) is 2. The van der Waals surface area contributed by atoms with Gasteiger partial charge in [-0.15, -0.1) is 0 Å². The molecular weight excluding hydrogens is 164 g/mol. The minimum Gasteiger partial charge on any atom is -0.278 e. The molecule has 1 aliphatic rings. The van der Waals surface area contributed by atoms with Crippen LogP contribution in [0.1, 0.15) is 39.5 Å². The van der Waals surface area contributed by atoms with Crippen molar-refractivity contribution in [1.82, 2.24) is 10.4 Å². The third-order valence-corrected chi connectivity index (χ3v) is 2.33. The fourth-order valence-electron chi connectivity index (χ4n) is 1.54. The van der Waals surface area contributed by atoms with Gasteiger partial charge < -0.3 is 0 Å².